The van der Waals surface area contributed by atoms with E-state index >= 15 is 0 Å². The smallest absolute Gasteiger partial charge is 0.311 e. The van der Waals surface area contributed by atoms with Crippen molar-refractivity contribution in [2.75, 3.05) is 26.8 Å². The summed E-state index contributed by atoms with van der Waals surface area (Å²) in [5, 5.41) is 12.1. The van der Waals surface area contributed by atoms with Gasteiger partial charge in [0.15, 0.2) is 0 Å². The molecule has 2 N–H and O–H groups in total. The monoisotopic (exact) mass is 173 g/mol. The van der Waals surface area contributed by atoms with Crippen molar-refractivity contribution in [3.63, 3.8) is 0 Å². The molecule has 0 unspecified atom stereocenters. The van der Waals surface area contributed by atoms with Crippen LogP contribution in [0.25, 0.3) is 0 Å². The predicted octanol–water partition coefficient (Wildman–Crippen LogP) is 0.0872. The average Bonchev–Trinajstić information content (AvgIpc) is 2.50. The van der Waals surface area contributed by atoms with Crippen LogP contribution in [0.2, 0.25) is 0 Å². The lowest BCUT2D eigenvalue weighted by molar-refractivity contribution is -0.148. The molecule has 1 fully saturated rings. The molecule has 0 spiro atoms. The summed E-state index contributed by atoms with van der Waals surface area (Å²) in [6.45, 7) is 1.90. The fourth-order valence-electron chi connectivity index (χ4n) is 1.54. The van der Waals surface area contributed by atoms with E-state index in [0.717, 1.165) is 6.54 Å². The molecule has 0 aromatic rings. The van der Waals surface area contributed by atoms with Gasteiger partial charge in [0, 0.05) is 20.3 Å². The van der Waals surface area contributed by atoms with Gasteiger partial charge in [0.25, 0.3) is 0 Å². The minimum absolute atomic E-state index is 0.522. The Balaban J connectivity index is 2.53. The maximum Gasteiger partial charge on any atom is 0.311 e. The molecule has 1 aliphatic rings. The third-order valence-corrected chi connectivity index (χ3v) is 2.48. The molecule has 1 atom stereocenters. The Labute approximate surface area is 71.9 Å². The van der Waals surface area contributed by atoms with Crippen LogP contribution in [0.15, 0.2) is 0 Å². The lowest BCUT2D eigenvalue weighted by atomic mass is 9.84. The minimum atomic E-state index is -0.704. The Bertz CT molecular complexity index is 164. The number of carboxylic acids is 1. The molecule has 12 heavy (non-hydrogen) atoms. The molecule has 0 aromatic carbocycles. The zero-order valence-corrected chi connectivity index (χ0v) is 7.30. The van der Waals surface area contributed by atoms with E-state index in [1.54, 1.807) is 7.11 Å². The molecule has 0 amide bonds. The first-order chi connectivity index (χ1) is 5.71. The summed E-state index contributed by atoms with van der Waals surface area (Å²) in [6.07, 6.45) is 1.32. The normalized spacial score (nSPS) is 29.1. The summed E-state index contributed by atoms with van der Waals surface area (Å²) >= 11 is 0. The Morgan fingerprint density at radius 1 is 1.75 bits per heavy atom. The van der Waals surface area contributed by atoms with E-state index in [1.807, 2.05) is 0 Å². The second-order valence-corrected chi connectivity index (χ2v) is 3.26. The second kappa shape index (κ2) is 3.87. The molecule has 0 radical (unpaired) electrons. The van der Waals surface area contributed by atoms with Crippen molar-refractivity contribution >= 4 is 5.97 Å². The highest BCUT2D eigenvalue weighted by Gasteiger charge is 2.40. The van der Waals surface area contributed by atoms with E-state index in [0.29, 0.717) is 26.0 Å². The fourth-order valence-corrected chi connectivity index (χ4v) is 1.54. The van der Waals surface area contributed by atoms with Gasteiger partial charge in [0.05, 0.1) is 5.41 Å². The summed E-state index contributed by atoms with van der Waals surface area (Å²) in [5.41, 5.74) is -0.573. The number of carbonyl (C=O) groups is 1. The van der Waals surface area contributed by atoms with Crippen LogP contribution in [0.4, 0.5) is 0 Å². The number of rotatable bonds is 4. The van der Waals surface area contributed by atoms with Gasteiger partial charge >= 0.3 is 5.97 Å². The van der Waals surface area contributed by atoms with Crippen molar-refractivity contribution in [1.29, 1.82) is 0 Å². The molecule has 4 nitrogen and oxygen atoms in total. The van der Waals surface area contributed by atoms with Crippen LogP contribution in [0.3, 0.4) is 0 Å². The SMILES string of the molecule is COCC[C@@]1(C(=O)O)CCNC1. The predicted molar refractivity (Wildman–Crippen MR) is 44.0 cm³/mol. The zero-order chi connectivity index (χ0) is 9.03. The Morgan fingerprint density at radius 3 is 2.92 bits per heavy atom. The largest absolute Gasteiger partial charge is 0.481 e. The van der Waals surface area contributed by atoms with E-state index in [2.05, 4.69) is 5.32 Å². The summed E-state index contributed by atoms with van der Waals surface area (Å²) < 4.78 is 4.89. The number of carboxylic acid groups (broad SMARTS) is 1. The van der Waals surface area contributed by atoms with Gasteiger partial charge in [0.2, 0.25) is 0 Å². The topological polar surface area (TPSA) is 58.6 Å². The van der Waals surface area contributed by atoms with Gasteiger partial charge < -0.3 is 15.2 Å². The van der Waals surface area contributed by atoms with Crippen molar-refractivity contribution < 1.29 is 14.6 Å². The Morgan fingerprint density at radius 2 is 2.50 bits per heavy atom. The minimum Gasteiger partial charge on any atom is -0.481 e. The van der Waals surface area contributed by atoms with E-state index < -0.39 is 11.4 Å². The lowest BCUT2D eigenvalue weighted by Gasteiger charge is -2.21. The molecule has 70 valence electrons. The number of hydrogen-bond donors (Lipinski definition) is 2. The van der Waals surface area contributed by atoms with Gasteiger partial charge in [-0.25, -0.2) is 0 Å². The van der Waals surface area contributed by atoms with Crippen LogP contribution in [0.1, 0.15) is 12.8 Å². The standard InChI is InChI=1S/C8H15NO3/c1-12-5-3-8(7(10)11)2-4-9-6-8/h9H,2-6H2,1H3,(H,10,11)/t8-/m0/s1. The quantitative estimate of drug-likeness (QED) is 0.632. The molecule has 4 heteroatoms. The highest BCUT2D eigenvalue weighted by atomic mass is 16.5. The van der Waals surface area contributed by atoms with Crippen molar-refractivity contribution in [2.24, 2.45) is 5.41 Å². The third kappa shape index (κ3) is 1.76. The zero-order valence-electron chi connectivity index (χ0n) is 7.30. The molecule has 0 bridgehead atoms. The summed E-state index contributed by atoms with van der Waals surface area (Å²) in [6, 6.07) is 0. The number of aliphatic carboxylic acids is 1. The van der Waals surface area contributed by atoms with Crippen LogP contribution < -0.4 is 5.32 Å². The summed E-state index contributed by atoms with van der Waals surface area (Å²) in [4.78, 5) is 10.9. The first-order valence-corrected chi connectivity index (χ1v) is 4.14. The lowest BCUT2D eigenvalue weighted by Crippen LogP contribution is -2.34. The number of hydrogen-bond acceptors (Lipinski definition) is 3. The van der Waals surface area contributed by atoms with E-state index in [1.165, 1.54) is 0 Å². The molecular weight excluding hydrogens is 158 g/mol. The van der Waals surface area contributed by atoms with Crippen LogP contribution in [0.5, 0.6) is 0 Å². The highest BCUT2D eigenvalue weighted by Crippen LogP contribution is 2.29. The van der Waals surface area contributed by atoms with Crippen molar-refractivity contribution in [1.82, 2.24) is 5.32 Å². The maximum absolute atomic E-state index is 10.9. The first kappa shape index (κ1) is 9.48. The van der Waals surface area contributed by atoms with Crippen molar-refractivity contribution in [2.45, 2.75) is 12.8 Å². The molecule has 0 aromatic heterocycles. The van der Waals surface area contributed by atoms with Crippen molar-refractivity contribution in [3.8, 4) is 0 Å². The third-order valence-electron chi connectivity index (χ3n) is 2.48. The first-order valence-electron chi connectivity index (χ1n) is 4.14. The number of nitrogens with one attached hydrogen (secondary N) is 1. The molecule has 0 saturated carbocycles. The number of methoxy groups -OCH3 is 1. The summed E-state index contributed by atoms with van der Waals surface area (Å²) in [7, 11) is 1.60. The molecule has 1 heterocycles. The molecule has 1 aliphatic heterocycles. The van der Waals surface area contributed by atoms with Gasteiger partial charge in [0.1, 0.15) is 0 Å². The van der Waals surface area contributed by atoms with Crippen molar-refractivity contribution in [3.05, 3.63) is 0 Å². The molecular formula is C8H15NO3. The van der Waals surface area contributed by atoms with Gasteiger partial charge in [-0.15, -0.1) is 0 Å². The van der Waals surface area contributed by atoms with Crippen LogP contribution >= 0.6 is 0 Å². The van der Waals surface area contributed by atoms with E-state index in [-0.39, 0.29) is 0 Å². The maximum atomic E-state index is 10.9. The van der Waals surface area contributed by atoms with Crippen LogP contribution in [-0.4, -0.2) is 37.9 Å². The fraction of sp³-hybridized carbons (Fsp3) is 0.875. The Kier molecular flexibility index (Phi) is 3.05. The average molecular weight is 173 g/mol. The second-order valence-electron chi connectivity index (χ2n) is 3.26. The van der Waals surface area contributed by atoms with Crippen LogP contribution in [-0.2, 0) is 9.53 Å². The van der Waals surface area contributed by atoms with Crippen LogP contribution in [0, 0.1) is 5.41 Å². The molecule has 1 saturated heterocycles. The van der Waals surface area contributed by atoms with E-state index in [4.69, 9.17) is 9.84 Å². The Hall–Kier alpha value is -0.610. The molecule has 1 rings (SSSR count). The number of ether oxygens (including phenoxy) is 1. The highest BCUT2D eigenvalue weighted by molar-refractivity contribution is 5.75. The summed E-state index contributed by atoms with van der Waals surface area (Å²) in [5.74, 6) is -0.704. The van der Waals surface area contributed by atoms with Gasteiger partial charge in [-0.2, -0.15) is 0 Å². The van der Waals surface area contributed by atoms with E-state index in [9.17, 15) is 4.79 Å². The molecule has 0 aliphatic carbocycles. The van der Waals surface area contributed by atoms with Gasteiger partial charge in [-0.05, 0) is 19.4 Å². The van der Waals surface area contributed by atoms with Gasteiger partial charge in [-0.1, -0.05) is 0 Å². The van der Waals surface area contributed by atoms with Gasteiger partial charge in [-0.3, -0.25) is 4.79 Å².